The Kier molecular flexibility index (Phi) is 15.8. The predicted molar refractivity (Wildman–Crippen MR) is 127 cm³/mol. The molecule has 1 amide bonds. The van der Waals surface area contributed by atoms with E-state index in [2.05, 4.69) is 67.7 Å². The van der Waals surface area contributed by atoms with E-state index in [1.807, 2.05) is 4.90 Å². The number of nitrogens with zero attached hydrogens (tertiary/aromatic N) is 1. The second-order valence-electron chi connectivity index (χ2n) is 7.66. The molecule has 3 heteroatoms. The second kappa shape index (κ2) is 18.2. The first-order valence-corrected chi connectivity index (χ1v) is 11.5. The number of allylic oxidation sites excluding steroid dienone is 10. The van der Waals surface area contributed by atoms with Gasteiger partial charge in [0, 0.05) is 19.5 Å². The van der Waals surface area contributed by atoms with Crippen LogP contribution in [0.4, 0.5) is 0 Å². The molecule has 0 aromatic heterocycles. The molecule has 162 valence electrons. The van der Waals surface area contributed by atoms with E-state index in [4.69, 9.17) is 5.73 Å². The monoisotopic (exact) mass is 398 g/mol. The molecule has 0 unspecified atom stereocenters. The standard InChI is InChI=1S/C26H42N2O/c1-2-3-4-5-6-7-8-9-10-11-12-13-14-15-16-17-18-19-26(29)28-22-20-25(24-27)21-23-28/h3-4,6-7,9-10,12-13,15-16,25H,2,5,8,11,14,17-24,27H2,1H3. The summed E-state index contributed by atoms with van der Waals surface area (Å²) in [4.78, 5) is 14.2. The van der Waals surface area contributed by atoms with Gasteiger partial charge in [-0.3, -0.25) is 4.79 Å². The topological polar surface area (TPSA) is 46.3 Å². The molecule has 0 atom stereocenters. The van der Waals surface area contributed by atoms with E-state index in [-0.39, 0.29) is 0 Å². The maximum atomic E-state index is 12.2. The molecule has 3 nitrogen and oxygen atoms in total. The molecule has 0 bridgehead atoms. The van der Waals surface area contributed by atoms with Crippen molar-refractivity contribution >= 4 is 5.91 Å². The van der Waals surface area contributed by atoms with Crippen molar-refractivity contribution in [2.75, 3.05) is 19.6 Å². The maximum absolute atomic E-state index is 12.2. The lowest BCUT2D eigenvalue weighted by Gasteiger charge is -2.31. The number of amides is 1. The highest BCUT2D eigenvalue weighted by Crippen LogP contribution is 2.17. The van der Waals surface area contributed by atoms with Gasteiger partial charge in [-0.2, -0.15) is 0 Å². The molecule has 1 aliphatic heterocycles. The molecular weight excluding hydrogens is 356 g/mol. The van der Waals surface area contributed by atoms with Gasteiger partial charge in [-0.25, -0.2) is 0 Å². The third-order valence-electron chi connectivity index (χ3n) is 5.22. The zero-order valence-electron chi connectivity index (χ0n) is 18.5. The van der Waals surface area contributed by atoms with Crippen LogP contribution in [0, 0.1) is 5.92 Å². The van der Waals surface area contributed by atoms with Crippen molar-refractivity contribution in [2.24, 2.45) is 11.7 Å². The normalized spacial score (nSPS) is 16.6. The Balaban J connectivity index is 1.97. The minimum atomic E-state index is 0.313. The van der Waals surface area contributed by atoms with Gasteiger partial charge in [0.25, 0.3) is 0 Å². The fourth-order valence-corrected chi connectivity index (χ4v) is 3.32. The Morgan fingerprint density at radius 2 is 1.31 bits per heavy atom. The minimum absolute atomic E-state index is 0.313. The van der Waals surface area contributed by atoms with Crippen LogP contribution in [-0.4, -0.2) is 30.4 Å². The summed E-state index contributed by atoms with van der Waals surface area (Å²) in [5.74, 6) is 0.924. The molecule has 0 saturated carbocycles. The first-order chi connectivity index (χ1) is 14.3. The lowest BCUT2D eigenvalue weighted by molar-refractivity contribution is -0.132. The van der Waals surface area contributed by atoms with Gasteiger partial charge in [0.15, 0.2) is 0 Å². The van der Waals surface area contributed by atoms with E-state index in [0.717, 1.165) is 77.4 Å². The number of likely N-dealkylation sites (tertiary alicyclic amines) is 1. The summed E-state index contributed by atoms with van der Waals surface area (Å²) >= 11 is 0. The number of carbonyl (C=O) groups is 1. The van der Waals surface area contributed by atoms with Crippen LogP contribution in [0.15, 0.2) is 60.8 Å². The summed E-state index contributed by atoms with van der Waals surface area (Å²) in [6.07, 6.45) is 32.0. The first-order valence-electron chi connectivity index (χ1n) is 11.5. The van der Waals surface area contributed by atoms with Gasteiger partial charge in [-0.05, 0) is 70.3 Å². The highest BCUT2D eigenvalue weighted by molar-refractivity contribution is 5.76. The molecule has 1 saturated heterocycles. The quantitative estimate of drug-likeness (QED) is 0.284. The molecule has 29 heavy (non-hydrogen) atoms. The molecule has 0 aromatic carbocycles. The van der Waals surface area contributed by atoms with Gasteiger partial charge < -0.3 is 10.6 Å². The average molecular weight is 399 g/mol. The summed E-state index contributed by atoms with van der Waals surface area (Å²) in [7, 11) is 0. The Morgan fingerprint density at radius 3 is 1.79 bits per heavy atom. The number of unbranched alkanes of at least 4 members (excludes halogenated alkanes) is 1. The van der Waals surface area contributed by atoms with Gasteiger partial charge >= 0.3 is 0 Å². The van der Waals surface area contributed by atoms with Crippen molar-refractivity contribution < 1.29 is 4.79 Å². The highest BCUT2D eigenvalue weighted by Gasteiger charge is 2.21. The van der Waals surface area contributed by atoms with Crippen LogP contribution in [0.5, 0.6) is 0 Å². The van der Waals surface area contributed by atoms with Crippen LogP contribution < -0.4 is 5.73 Å². The van der Waals surface area contributed by atoms with Crippen molar-refractivity contribution in [1.82, 2.24) is 4.90 Å². The molecule has 0 aliphatic carbocycles. The van der Waals surface area contributed by atoms with Crippen LogP contribution in [0.2, 0.25) is 0 Å². The zero-order chi connectivity index (χ0) is 21.0. The van der Waals surface area contributed by atoms with Crippen LogP contribution in [0.3, 0.4) is 0 Å². The third kappa shape index (κ3) is 13.9. The van der Waals surface area contributed by atoms with E-state index in [1.54, 1.807) is 0 Å². The highest BCUT2D eigenvalue weighted by atomic mass is 16.2. The summed E-state index contributed by atoms with van der Waals surface area (Å²) < 4.78 is 0. The molecule has 1 heterocycles. The minimum Gasteiger partial charge on any atom is -0.343 e. The third-order valence-corrected chi connectivity index (χ3v) is 5.22. The van der Waals surface area contributed by atoms with Gasteiger partial charge in [0.2, 0.25) is 5.91 Å². The zero-order valence-corrected chi connectivity index (χ0v) is 18.5. The number of rotatable bonds is 14. The van der Waals surface area contributed by atoms with Gasteiger partial charge in [-0.15, -0.1) is 0 Å². The number of carbonyl (C=O) groups excluding carboxylic acids is 1. The largest absolute Gasteiger partial charge is 0.343 e. The molecule has 1 fully saturated rings. The Hall–Kier alpha value is -1.87. The molecule has 0 aromatic rings. The fourth-order valence-electron chi connectivity index (χ4n) is 3.32. The number of nitrogens with two attached hydrogens (primary N) is 1. The lowest BCUT2D eigenvalue weighted by Crippen LogP contribution is -2.39. The summed E-state index contributed by atoms with van der Waals surface area (Å²) in [5, 5.41) is 0. The van der Waals surface area contributed by atoms with Crippen LogP contribution in [-0.2, 0) is 4.79 Å². The summed E-state index contributed by atoms with van der Waals surface area (Å²) in [6.45, 7) is 4.70. The van der Waals surface area contributed by atoms with E-state index >= 15 is 0 Å². The Labute approximate surface area is 179 Å². The molecular formula is C26H42N2O. The van der Waals surface area contributed by atoms with E-state index in [0.29, 0.717) is 18.2 Å². The van der Waals surface area contributed by atoms with E-state index < -0.39 is 0 Å². The summed E-state index contributed by atoms with van der Waals surface area (Å²) in [6, 6.07) is 0. The van der Waals surface area contributed by atoms with Gasteiger partial charge in [0.05, 0.1) is 0 Å². The smallest absolute Gasteiger partial charge is 0.222 e. The SMILES string of the molecule is CCC=CCC=CCC=CCC=CCC=CCCCC(=O)N1CCC(CN)CC1. The lowest BCUT2D eigenvalue weighted by atomic mass is 9.97. The van der Waals surface area contributed by atoms with Crippen molar-refractivity contribution in [3.63, 3.8) is 0 Å². The van der Waals surface area contributed by atoms with E-state index in [9.17, 15) is 4.79 Å². The molecule has 1 aliphatic rings. The first kappa shape index (κ1) is 25.2. The van der Waals surface area contributed by atoms with Crippen LogP contribution in [0.1, 0.15) is 71.1 Å². The van der Waals surface area contributed by atoms with Gasteiger partial charge in [0.1, 0.15) is 0 Å². The van der Waals surface area contributed by atoms with Crippen LogP contribution >= 0.6 is 0 Å². The predicted octanol–water partition coefficient (Wildman–Crippen LogP) is 6.11. The van der Waals surface area contributed by atoms with Crippen molar-refractivity contribution in [2.45, 2.75) is 71.1 Å². The molecule has 0 radical (unpaired) electrons. The second-order valence-corrected chi connectivity index (χ2v) is 7.66. The van der Waals surface area contributed by atoms with Gasteiger partial charge in [-0.1, -0.05) is 67.7 Å². The van der Waals surface area contributed by atoms with E-state index in [1.165, 1.54) is 0 Å². The Bertz CT molecular complexity index is 549. The number of piperidine rings is 1. The number of hydrogen-bond acceptors (Lipinski definition) is 2. The van der Waals surface area contributed by atoms with Crippen molar-refractivity contribution in [3.05, 3.63) is 60.8 Å². The average Bonchev–Trinajstić information content (AvgIpc) is 2.75. The van der Waals surface area contributed by atoms with Crippen molar-refractivity contribution in [1.29, 1.82) is 0 Å². The van der Waals surface area contributed by atoms with Crippen molar-refractivity contribution in [3.8, 4) is 0 Å². The summed E-state index contributed by atoms with van der Waals surface area (Å²) in [5.41, 5.74) is 5.71. The number of hydrogen-bond donors (Lipinski definition) is 1. The van der Waals surface area contributed by atoms with Crippen LogP contribution in [0.25, 0.3) is 0 Å². The molecule has 1 rings (SSSR count). The molecule has 2 N–H and O–H groups in total. The molecule has 0 spiro atoms. The Morgan fingerprint density at radius 1 is 0.828 bits per heavy atom. The maximum Gasteiger partial charge on any atom is 0.222 e. The fraction of sp³-hybridized carbons (Fsp3) is 0.577.